The molecule has 1 aromatic heterocycles. The van der Waals surface area contributed by atoms with E-state index in [1.807, 2.05) is 26.1 Å². The van der Waals surface area contributed by atoms with Crippen LogP contribution < -0.4 is 5.32 Å². The zero-order valence-corrected chi connectivity index (χ0v) is 11.8. The number of hydrogen-bond acceptors (Lipinski definition) is 2. The minimum absolute atomic E-state index is 0.0254. The number of nitrogens with one attached hydrogen (secondary N) is 1. The highest BCUT2D eigenvalue weighted by Gasteiger charge is 2.18. The minimum atomic E-state index is 0.0254. The summed E-state index contributed by atoms with van der Waals surface area (Å²) in [6, 6.07) is 1.91. The van der Waals surface area contributed by atoms with Gasteiger partial charge in [-0.15, -0.1) is 0 Å². The summed E-state index contributed by atoms with van der Waals surface area (Å²) in [6.07, 6.45) is 4.00. The van der Waals surface area contributed by atoms with E-state index in [0.717, 1.165) is 11.1 Å². The second-order valence-corrected chi connectivity index (χ2v) is 4.63. The van der Waals surface area contributed by atoms with Crippen molar-refractivity contribution in [1.29, 1.82) is 0 Å². The fourth-order valence-electron chi connectivity index (χ4n) is 1.51. The lowest BCUT2D eigenvalue weighted by Crippen LogP contribution is -2.23. The van der Waals surface area contributed by atoms with Crippen molar-refractivity contribution in [1.82, 2.24) is 10.3 Å². The Morgan fingerprint density at radius 3 is 2.41 bits per heavy atom. The van der Waals surface area contributed by atoms with Gasteiger partial charge in [0.25, 0.3) is 0 Å². The zero-order valence-electron chi connectivity index (χ0n) is 11.8. The van der Waals surface area contributed by atoms with Crippen LogP contribution in [0.4, 0.5) is 0 Å². The predicted molar refractivity (Wildman–Crippen MR) is 72.1 cm³/mol. The number of aromatic nitrogens is 1. The van der Waals surface area contributed by atoms with Gasteiger partial charge in [-0.2, -0.15) is 0 Å². The fourth-order valence-corrected chi connectivity index (χ4v) is 1.51. The van der Waals surface area contributed by atoms with Crippen LogP contribution in [0.2, 0.25) is 0 Å². The molecule has 0 saturated carbocycles. The number of amides is 1. The molecule has 0 bridgehead atoms. The van der Waals surface area contributed by atoms with Crippen LogP contribution in [0.3, 0.4) is 0 Å². The van der Waals surface area contributed by atoms with Crippen molar-refractivity contribution in [2.75, 3.05) is 7.05 Å². The van der Waals surface area contributed by atoms with Gasteiger partial charge in [0, 0.05) is 19.4 Å². The molecule has 1 amide bonds. The molecule has 1 N–H and O–H groups in total. The molecule has 1 heterocycles. The van der Waals surface area contributed by atoms with Crippen LogP contribution in [0.1, 0.15) is 45.7 Å². The standard InChI is InChI=1S/C12H18N2O.C2H6/c1-12(2,3)10-8-14-6-5-9(10)7-11(15)13-4;1-2/h5-6,8H,7H2,1-4H3,(H,13,15);1-2H3. The van der Waals surface area contributed by atoms with Crippen molar-refractivity contribution in [3.63, 3.8) is 0 Å². The molecule has 96 valence electrons. The van der Waals surface area contributed by atoms with Gasteiger partial charge in [-0.05, 0) is 22.6 Å². The van der Waals surface area contributed by atoms with Crippen LogP contribution >= 0.6 is 0 Å². The van der Waals surface area contributed by atoms with Gasteiger partial charge in [-0.25, -0.2) is 0 Å². The van der Waals surface area contributed by atoms with Gasteiger partial charge in [0.2, 0.25) is 5.91 Å². The van der Waals surface area contributed by atoms with Gasteiger partial charge in [0.15, 0.2) is 0 Å². The van der Waals surface area contributed by atoms with Crippen LogP contribution in [0.5, 0.6) is 0 Å². The van der Waals surface area contributed by atoms with Gasteiger partial charge >= 0.3 is 0 Å². The Morgan fingerprint density at radius 2 is 1.94 bits per heavy atom. The molecule has 0 aliphatic rings. The molecule has 0 aliphatic heterocycles. The van der Waals surface area contributed by atoms with E-state index in [4.69, 9.17) is 0 Å². The van der Waals surface area contributed by atoms with Crippen molar-refractivity contribution in [3.05, 3.63) is 29.6 Å². The van der Waals surface area contributed by atoms with E-state index in [2.05, 4.69) is 31.1 Å². The van der Waals surface area contributed by atoms with Crippen LogP contribution in [0, 0.1) is 0 Å². The molecular weight excluding hydrogens is 212 g/mol. The Kier molecular flexibility index (Phi) is 6.47. The Labute approximate surface area is 105 Å². The Morgan fingerprint density at radius 1 is 1.35 bits per heavy atom. The lowest BCUT2D eigenvalue weighted by Gasteiger charge is -2.21. The second kappa shape index (κ2) is 7.05. The molecular formula is C14H24N2O. The first-order valence-corrected chi connectivity index (χ1v) is 6.09. The molecule has 0 saturated heterocycles. The normalized spacial score (nSPS) is 10.2. The van der Waals surface area contributed by atoms with Gasteiger partial charge in [-0.1, -0.05) is 34.6 Å². The van der Waals surface area contributed by atoms with Crippen LogP contribution in [0.15, 0.2) is 18.5 Å². The second-order valence-electron chi connectivity index (χ2n) is 4.63. The van der Waals surface area contributed by atoms with E-state index in [0.29, 0.717) is 6.42 Å². The topological polar surface area (TPSA) is 42.0 Å². The van der Waals surface area contributed by atoms with E-state index >= 15 is 0 Å². The van der Waals surface area contributed by atoms with E-state index in [1.165, 1.54) is 0 Å². The Balaban J connectivity index is 0.00000121. The van der Waals surface area contributed by atoms with Crippen LogP contribution in [0.25, 0.3) is 0 Å². The highest BCUT2D eigenvalue weighted by molar-refractivity contribution is 5.78. The quantitative estimate of drug-likeness (QED) is 0.858. The number of rotatable bonds is 2. The number of pyridine rings is 1. The third kappa shape index (κ3) is 4.98. The molecule has 0 radical (unpaired) electrons. The number of hydrogen-bond donors (Lipinski definition) is 1. The van der Waals surface area contributed by atoms with Gasteiger partial charge in [0.1, 0.15) is 0 Å². The highest BCUT2D eigenvalue weighted by atomic mass is 16.1. The molecule has 1 rings (SSSR count). The molecule has 3 nitrogen and oxygen atoms in total. The average molecular weight is 236 g/mol. The van der Waals surface area contributed by atoms with Gasteiger partial charge < -0.3 is 5.32 Å². The van der Waals surface area contributed by atoms with Crippen LogP contribution in [-0.4, -0.2) is 17.9 Å². The van der Waals surface area contributed by atoms with Crippen molar-refractivity contribution in [3.8, 4) is 0 Å². The first-order valence-electron chi connectivity index (χ1n) is 6.09. The monoisotopic (exact) mass is 236 g/mol. The molecule has 0 aliphatic carbocycles. The molecule has 3 heteroatoms. The summed E-state index contributed by atoms with van der Waals surface area (Å²) in [5.74, 6) is 0.0340. The summed E-state index contributed by atoms with van der Waals surface area (Å²) in [5.41, 5.74) is 2.21. The van der Waals surface area contributed by atoms with Crippen molar-refractivity contribution >= 4 is 5.91 Å². The van der Waals surface area contributed by atoms with Gasteiger partial charge in [-0.3, -0.25) is 9.78 Å². The smallest absolute Gasteiger partial charge is 0.224 e. The maximum atomic E-state index is 11.3. The van der Waals surface area contributed by atoms with E-state index in [-0.39, 0.29) is 11.3 Å². The van der Waals surface area contributed by atoms with Crippen molar-refractivity contribution < 1.29 is 4.79 Å². The summed E-state index contributed by atoms with van der Waals surface area (Å²) >= 11 is 0. The summed E-state index contributed by atoms with van der Waals surface area (Å²) < 4.78 is 0. The Bertz CT molecular complexity index is 353. The summed E-state index contributed by atoms with van der Waals surface area (Å²) in [6.45, 7) is 10.4. The largest absolute Gasteiger partial charge is 0.359 e. The molecule has 0 aromatic carbocycles. The fraction of sp³-hybridized carbons (Fsp3) is 0.571. The lowest BCUT2D eigenvalue weighted by molar-refractivity contribution is -0.119. The van der Waals surface area contributed by atoms with Crippen molar-refractivity contribution in [2.45, 2.75) is 46.5 Å². The zero-order chi connectivity index (χ0) is 13.5. The molecule has 0 unspecified atom stereocenters. The van der Waals surface area contributed by atoms with E-state index in [9.17, 15) is 4.79 Å². The molecule has 17 heavy (non-hydrogen) atoms. The average Bonchev–Trinajstić information content (AvgIpc) is 2.31. The number of carbonyl (C=O) groups is 1. The first kappa shape index (κ1) is 15.6. The Hall–Kier alpha value is -1.38. The predicted octanol–water partition coefficient (Wildman–Crippen LogP) is 2.69. The number of nitrogens with zero attached hydrogens (tertiary/aromatic N) is 1. The van der Waals surface area contributed by atoms with Gasteiger partial charge in [0.05, 0.1) is 6.42 Å². The maximum Gasteiger partial charge on any atom is 0.224 e. The first-order chi connectivity index (χ1) is 7.95. The minimum Gasteiger partial charge on any atom is -0.359 e. The summed E-state index contributed by atoms with van der Waals surface area (Å²) in [7, 11) is 1.65. The molecule has 0 atom stereocenters. The van der Waals surface area contributed by atoms with Crippen LogP contribution in [-0.2, 0) is 16.6 Å². The summed E-state index contributed by atoms with van der Waals surface area (Å²) in [5, 5.41) is 2.63. The summed E-state index contributed by atoms with van der Waals surface area (Å²) in [4.78, 5) is 15.4. The molecule has 0 spiro atoms. The molecule has 1 aromatic rings. The molecule has 0 fully saturated rings. The lowest BCUT2D eigenvalue weighted by atomic mass is 9.84. The van der Waals surface area contributed by atoms with Crippen molar-refractivity contribution in [2.24, 2.45) is 0 Å². The third-order valence-corrected chi connectivity index (χ3v) is 2.35. The maximum absolute atomic E-state index is 11.3. The SMILES string of the molecule is CC.CNC(=O)Cc1ccncc1C(C)(C)C. The number of carbonyl (C=O) groups excluding carboxylic acids is 1. The third-order valence-electron chi connectivity index (χ3n) is 2.35. The van der Waals surface area contributed by atoms with E-state index in [1.54, 1.807) is 13.2 Å². The highest BCUT2D eigenvalue weighted by Crippen LogP contribution is 2.25. The van der Waals surface area contributed by atoms with E-state index < -0.39 is 0 Å². The number of likely N-dealkylation sites (N-methyl/N-ethyl adjacent to an activating group) is 1.